The van der Waals surface area contributed by atoms with E-state index in [-0.39, 0.29) is 6.10 Å². The molecule has 3 nitrogen and oxygen atoms in total. The molecule has 2 aromatic rings. The molecule has 3 rings (SSSR count). The lowest BCUT2D eigenvalue weighted by atomic mass is 10.1. The fourth-order valence-corrected chi connectivity index (χ4v) is 2.18. The summed E-state index contributed by atoms with van der Waals surface area (Å²) in [5.74, 6) is 1.49. The van der Waals surface area contributed by atoms with Crippen LogP contribution >= 0.6 is 0 Å². The zero-order chi connectivity index (χ0) is 13.1. The van der Waals surface area contributed by atoms with E-state index >= 15 is 0 Å². The Kier molecular flexibility index (Phi) is 3.38. The number of hydrogen-bond acceptors (Lipinski definition) is 3. The van der Waals surface area contributed by atoms with Crippen molar-refractivity contribution in [3.63, 3.8) is 0 Å². The maximum atomic E-state index is 6.03. The molecule has 0 spiro atoms. The summed E-state index contributed by atoms with van der Waals surface area (Å²) in [6.07, 6.45) is -0.654. The molecule has 0 amide bonds. The SMILES string of the molecule is CCO[C@@H]1Oc2ccccc2O[C@@H]1c1ccccc1. The monoisotopic (exact) mass is 256 g/mol. The second-order valence-corrected chi connectivity index (χ2v) is 4.34. The molecule has 2 atom stereocenters. The Morgan fingerprint density at radius 3 is 2.21 bits per heavy atom. The first-order valence-corrected chi connectivity index (χ1v) is 6.47. The number of hydrogen-bond donors (Lipinski definition) is 0. The highest BCUT2D eigenvalue weighted by molar-refractivity contribution is 5.41. The minimum Gasteiger partial charge on any atom is -0.475 e. The lowest BCUT2D eigenvalue weighted by Gasteiger charge is -2.33. The highest BCUT2D eigenvalue weighted by Crippen LogP contribution is 2.39. The molecule has 1 aliphatic rings. The summed E-state index contributed by atoms with van der Waals surface area (Å²) in [7, 11) is 0. The predicted molar refractivity (Wildman–Crippen MR) is 72.3 cm³/mol. The maximum absolute atomic E-state index is 6.03. The quantitative estimate of drug-likeness (QED) is 0.840. The third-order valence-corrected chi connectivity index (χ3v) is 3.05. The molecule has 0 saturated heterocycles. The summed E-state index contributed by atoms with van der Waals surface area (Å²) in [4.78, 5) is 0. The van der Waals surface area contributed by atoms with Gasteiger partial charge in [0, 0.05) is 6.61 Å². The van der Waals surface area contributed by atoms with Crippen molar-refractivity contribution in [2.45, 2.75) is 19.3 Å². The summed E-state index contributed by atoms with van der Waals surface area (Å²) in [6.45, 7) is 2.53. The van der Waals surface area contributed by atoms with Gasteiger partial charge in [-0.1, -0.05) is 42.5 Å². The van der Waals surface area contributed by atoms with Crippen LogP contribution in [0.1, 0.15) is 18.6 Å². The van der Waals surface area contributed by atoms with Crippen LogP contribution in [0, 0.1) is 0 Å². The zero-order valence-electron chi connectivity index (χ0n) is 10.8. The molecular weight excluding hydrogens is 240 g/mol. The van der Waals surface area contributed by atoms with Gasteiger partial charge in [0.15, 0.2) is 17.6 Å². The molecule has 0 unspecified atom stereocenters. The van der Waals surface area contributed by atoms with Crippen LogP contribution in [0.25, 0.3) is 0 Å². The Labute approximate surface area is 112 Å². The van der Waals surface area contributed by atoms with Crippen molar-refractivity contribution in [2.75, 3.05) is 6.61 Å². The number of fused-ring (bicyclic) bond motifs is 1. The molecule has 0 N–H and O–H groups in total. The lowest BCUT2D eigenvalue weighted by Crippen LogP contribution is -2.35. The molecule has 0 radical (unpaired) electrons. The van der Waals surface area contributed by atoms with Crippen molar-refractivity contribution in [1.82, 2.24) is 0 Å². The maximum Gasteiger partial charge on any atom is 0.241 e. The molecule has 1 aliphatic heterocycles. The van der Waals surface area contributed by atoms with E-state index in [1.807, 2.05) is 61.5 Å². The van der Waals surface area contributed by atoms with Crippen LogP contribution in [0.3, 0.4) is 0 Å². The van der Waals surface area contributed by atoms with Gasteiger partial charge >= 0.3 is 0 Å². The summed E-state index contributed by atoms with van der Waals surface area (Å²) in [5.41, 5.74) is 1.05. The summed E-state index contributed by atoms with van der Waals surface area (Å²) >= 11 is 0. The predicted octanol–water partition coefficient (Wildman–Crippen LogP) is 3.56. The number of para-hydroxylation sites is 2. The van der Waals surface area contributed by atoms with Gasteiger partial charge in [-0.3, -0.25) is 0 Å². The standard InChI is InChI=1S/C16H16O3/c1-2-17-16-15(12-8-4-3-5-9-12)18-13-10-6-7-11-14(13)19-16/h3-11,15-16H,2H2,1H3/t15-,16-/m1/s1. The molecule has 0 fully saturated rings. The molecule has 98 valence electrons. The Morgan fingerprint density at radius 2 is 1.53 bits per heavy atom. The van der Waals surface area contributed by atoms with Gasteiger partial charge in [-0.25, -0.2) is 0 Å². The first kappa shape index (κ1) is 12.1. The van der Waals surface area contributed by atoms with Gasteiger partial charge in [-0.2, -0.15) is 0 Å². The topological polar surface area (TPSA) is 27.7 Å². The molecule has 19 heavy (non-hydrogen) atoms. The molecule has 0 aromatic heterocycles. The van der Waals surface area contributed by atoms with E-state index < -0.39 is 6.29 Å². The van der Waals surface area contributed by atoms with Crippen molar-refractivity contribution in [3.05, 3.63) is 60.2 Å². The van der Waals surface area contributed by atoms with E-state index in [2.05, 4.69) is 0 Å². The number of ether oxygens (including phenoxy) is 3. The normalized spacial score (nSPS) is 21.1. The minimum absolute atomic E-state index is 0.240. The van der Waals surface area contributed by atoms with E-state index in [9.17, 15) is 0 Å². The average molecular weight is 256 g/mol. The largest absolute Gasteiger partial charge is 0.475 e. The first-order chi connectivity index (χ1) is 9.38. The fraction of sp³-hybridized carbons (Fsp3) is 0.250. The summed E-state index contributed by atoms with van der Waals surface area (Å²) in [6, 6.07) is 17.7. The van der Waals surface area contributed by atoms with Crippen LogP contribution in [0.2, 0.25) is 0 Å². The van der Waals surface area contributed by atoms with E-state index in [1.165, 1.54) is 0 Å². The van der Waals surface area contributed by atoms with Crippen LogP contribution in [-0.2, 0) is 4.74 Å². The lowest BCUT2D eigenvalue weighted by molar-refractivity contribution is -0.152. The molecule has 0 aliphatic carbocycles. The second kappa shape index (κ2) is 5.33. The van der Waals surface area contributed by atoms with Crippen LogP contribution in [-0.4, -0.2) is 12.9 Å². The Bertz CT molecular complexity index is 539. The molecular formula is C16H16O3. The average Bonchev–Trinajstić information content (AvgIpc) is 2.48. The van der Waals surface area contributed by atoms with Crippen molar-refractivity contribution < 1.29 is 14.2 Å². The van der Waals surface area contributed by atoms with Gasteiger partial charge in [0.2, 0.25) is 6.29 Å². The zero-order valence-corrected chi connectivity index (χ0v) is 10.8. The van der Waals surface area contributed by atoms with Crippen LogP contribution < -0.4 is 9.47 Å². The fourth-order valence-electron chi connectivity index (χ4n) is 2.18. The third kappa shape index (κ3) is 2.42. The summed E-state index contributed by atoms with van der Waals surface area (Å²) in [5, 5.41) is 0. The first-order valence-electron chi connectivity index (χ1n) is 6.47. The van der Waals surface area contributed by atoms with Crippen molar-refractivity contribution in [1.29, 1.82) is 0 Å². The van der Waals surface area contributed by atoms with E-state index in [1.54, 1.807) is 0 Å². The van der Waals surface area contributed by atoms with Crippen molar-refractivity contribution in [2.24, 2.45) is 0 Å². The van der Waals surface area contributed by atoms with Gasteiger partial charge in [-0.15, -0.1) is 0 Å². The van der Waals surface area contributed by atoms with E-state index in [4.69, 9.17) is 14.2 Å². The summed E-state index contributed by atoms with van der Waals surface area (Å²) < 4.78 is 17.6. The Hall–Kier alpha value is -2.00. The Balaban J connectivity index is 1.94. The Morgan fingerprint density at radius 1 is 0.895 bits per heavy atom. The van der Waals surface area contributed by atoms with Crippen LogP contribution in [0.5, 0.6) is 11.5 Å². The van der Waals surface area contributed by atoms with E-state index in [0.717, 1.165) is 17.1 Å². The molecule has 0 bridgehead atoms. The van der Waals surface area contributed by atoms with Crippen LogP contribution in [0.4, 0.5) is 0 Å². The van der Waals surface area contributed by atoms with Gasteiger partial charge in [-0.05, 0) is 24.6 Å². The number of rotatable bonds is 3. The van der Waals surface area contributed by atoms with Gasteiger partial charge in [0.1, 0.15) is 0 Å². The highest BCUT2D eigenvalue weighted by atomic mass is 16.7. The van der Waals surface area contributed by atoms with E-state index in [0.29, 0.717) is 6.61 Å². The van der Waals surface area contributed by atoms with Crippen LogP contribution in [0.15, 0.2) is 54.6 Å². The molecule has 3 heteroatoms. The van der Waals surface area contributed by atoms with Crippen molar-refractivity contribution >= 4 is 0 Å². The van der Waals surface area contributed by atoms with Crippen molar-refractivity contribution in [3.8, 4) is 11.5 Å². The van der Waals surface area contributed by atoms with Gasteiger partial charge in [0.05, 0.1) is 0 Å². The second-order valence-electron chi connectivity index (χ2n) is 4.34. The minimum atomic E-state index is -0.415. The number of benzene rings is 2. The molecule has 0 saturated carbocycles. The molecule has 1 heterocycles. The van der Waals surface area contributed by atoms with Gasteiger partial charge in [0.25, 0.3) is 0 Å². The molecule has 2 aromatic carbocycles. The highest BCUT2D eigenvalue weighted by Gasteiger charge is 2.33. The smallest absolute Gasteiger partial charge is 0.241 e. The van der Waals surface area contributed by atoms with Gasteiger partial charge < -0.3 is 14.2 Å². The third-order valence-electron chi connectivity index (χ3n) is 3.05.